The first-order valence-corrected chi connectivity index (χ1v) is 6.61. The van der Waals surface area contributed by atoms with Crippen molar-refractivity contribution < 1.29 is 9.84 Å². The van der Waals surface area contributed by atoms with Crippen molar-refractivity contribution in [2.75, 3.05) is 0 Å². The van der Waals surface area contributed by atoms with Crippen molar-refractivity contribution in [3.63, 3.8) is 0 Å². The number of pyridine rings is 1. The first kappa shape index (κ1) is 14.1. The van der Waals surface area contributed by atoms with Gasteiger partial charge in [-0.25, -0.2) is 4.98 Å². The van der Waals surface area contributed by atoms with Crippen LogP contribution in [0, 0.1) is 0 Å². The largest absolute Gasteiger partial charge is 0.437 e. The van der Waals surface area contributed by atoms with Crippen molar-refractivity contribution in [3.8, 4) is 11.6 Å². The van der Waals surface area contributed by atoms with Gasteiger partial charge in [-0.05, 0) is 30.2 Å². The van der Waals surface area contributed by atoms with Crippen LogP contribution in [0.2, 0.25) is 10.0 Å². The number of halogens is 2. The smallest absolute Gasteiger partial charge is 0.219 e. The normalized spacial score (nSPS) is 10.5. The molecule has 0 unspecified atom stereocenters. The quantitative estimate of drug-likeness (QED) is 0.918. The molecule has 0 aliphatic heterocycles. The molecule has 1 heterocycles. The first-order chi connectivity index (χ1) is 9.12. The Kier molecular flexibility index (Phi) is 4.64. The Morgan fingerprint density at radius 1 is 1.21 bits per heavy atom. The van der Waals surface area contributed by atoms with E-state index in [9.17, 15) is 5.11 Å². The highest BCUT2D eigenvalue weighted by Crippen LogP contribution is 2.31. The summed E-state index contributed by atoms with van der Waals surface area (Å²) in [6.07, 6.45) is 0.757. The molecule has 3 nitrogen and oxygen atoms in total. The number of aromatic nitrogens is 1. The Hall–Kier alpha value is -1.29. The van der Waals surface area contributed by atoms with E-state index >= 15 is 0 Å². The second-order valence-electron chi connectivity index (χ2n) is 3.99. The number of hydrogen-bond donors (Lipinski definition) is 1. The highest BCUT2D eigenvalue weighted by molar-refractivity contribution is 6.34. The lowest BCUT2D eigenvalue weighted by Crippen LogP contribution is -1.96. The molecule has 100 valence electrons. The van der Waals surface area contributed by atoms with Crippen LogP contribution in [0.4, 0.5) is 0 Å². The molecule has 0 aliphatic rings. The van der Waals surface area contributed by atoms with Crippen LogP contribution in [0.3, 0.4) is 0 Å². The van der Waals surface area contributed by atoms with E-state index in [0.29, 0.717) is 21.7 Å². The molecule has 1 aromatic carbocycles. The summed E-state index contributed by atoms with van der Waals surface area (Å²) in [5.41, 5.74) is 1.60. The highest BCUT2D eigenvalue weighted by Gasteiger charge is 2.07. The minimum Gasteiger partial charge on any atom is -0.437 e. The van der Waals surface area contributed by atoms with Gasteiger partial charge in [-0.3, -0.25) is 0 Å². The monoisotopic (exact) mass is 297 g/mol. The third kappa shape index (κ3) is 3.60. The van der Waals surface area contributed by atoms with E-state index in [4.69, 9.17) is 27.9 Å². The molecule has 1 N–H and O–H groups in total. The molecule has 0 bridgehead atoms. The third-order valence-corrected chi connectivity index (χ3v) is 3.11. The van der Waals surface area contributed by atoms with Crippen LogP contribution in [0.15, 0.2) is 30.3 Å². The molecule has 2 aromatic rings. The van der Waals surface area contributed by atoms with Crippen LogP contribution in [0.1, 0.15) is 18.2 Å². The van der Waals surface area contributed by atoms with Gasteiger partial charge >= 0.3 is 0 Å². The van der Waals surface area contributed by atoms with Gasteiger partial charge in [-0.2, -0.15) is 0 Å². The number of rotatable bonds is 4. The Balaban J connectivity index is 2.34. The SMILES string of the molecule is CCc1cc(CO)cc(Oc2cc(Cl)ccc2Cl)n1. The van der Waals surface area contributed by atoms with Gasteiger partial charge in [0.1, 0.15) is 5.75 Å². The van der Waals surface area contributed by atoms with Crippen LogP contribution < -0.4 is 4.74 Å². The number of aliphatic hydroxyl groups is 1. The number of aryl methyl sites for hydroxylation is 1. The van der Waals surface area contributed by atoms with Crippen molar-refractivity contribution in [2.24, 2.45) is 0 Å². The topological polar surface area (TPSA) is 42.4 Å². The van der Waals surface area contributed by atoms with Gasteiger partial charge in [-0.15, -0.1) is 0 Å². The predicted molar refractivity (Wildman–Crippen MR) is 76.1 cm³/mol. The van der Waals surface area contributed by atoms with Gasteiger partial charge in [0.2, 0.25) is 5.88 Å². The molecular formula is C14H13Cl2NO2. The lowest BCUT2D eigenvalue weighted by molar-refractivity contribution is 0.281. The van der Waals surface area contributed by atoms with Gasteiger partial charge in [0.15, 0.2) is 0 Å². The van der Waals surface area contributed by atoms with Crippen molar-refractivity contribution in [3.05, 3.63) is 51.6 Å². The highest BCUT2D eigenvalue weighted by atomic mass is 35.5. The minimum absolute atomic E-state index is 0.0604. The zero-order valence-electron chi connectivity index (χ0n) is 10.4. The third-order valence-electron chi connectivity index (χ3n) is 2.57. The van der Waals surface area contributed by atoms with Gasteiger partial charge < -0.3 is 9.84 Å². The molecule has 5 heteroatoms. The van der Waals surface area contributed by atoms with E-state index in [-0.39, 0.29) is 6.61 Å². The molecule has 0 atom stereocenters. The van der Waals surface area contributed by atoms with E-state index in [1.54, 1.807) is 24.3 Å². The molecule has 0 amide bonds. The standard InChI is InChI=1S/C14H13Cl2NO2/c1-2-11-5-9(8-18)6-14(17-11)19-13-7-10(15)3-4-12(13)16/h3-7,18H,2,8H2,1H3. The summed E-state index contributed by atoms with van der Waals surface area (Å²) in [6.45, 7) is 1.93. The molecule has 0 saturated heterocycles. The molecule has 0 radical (unpaired) electrons. The molecular weight excluding hydrogens is 285 g/mol. The van der Waals surface area contributed by atoms with Crippen molar-refractivity contribution in [2.45, 2.75) is 20.0 Å². The molecule has 2 rings (SSSR count). The van der Waals surface area contributed by atoms with Crippen LogP contribution in [0.25, 0.3) is 0 Å². The maximum absolute atomic E-state index is 9.22. The van der Waals surface area contributed by atoms with Crippen LogP contribution in [-0.4, -0.2) is 10.1 Å². The van der Waals surface area contributed by atoms with E-state index in [1.165, 1.54) is 0 Å². The maximum Gasteiger partial charge on any atom is 0.219 e. The zero-order chi connectivity index (χ0) is 13.8. The summed E-state index contributed by atoms with van der Waals surface area (Å²) < 4.78 is 5.64. The lowest BCUT2D eigenvalue weighted by Gasteiger charge is -2.09. The fourth-order valence-electron chi connectivity index (χ4n) is 1.61. The van der Waals surface area contributed by atoms with E-state index < -0.39 is 0 Å². The maximum atomic E-state index is 9.22. The number of aliphatic hydroxyl groups excluding tert-OH is 1. The molecule has 0 spiro atoms. The van der Waals surface area contributed by atoms with Crippen LogP contribution in [-0.2, 0) is 13.0 Å². The fraction of sp³-hybridized carbons (Fsp3) is 0.214. The second kappa shape index (κ2) is 6.24. The summed E-state index contributed by atoms with van der Waals surface area (Å²) in [4.78, 5) is 4.33. The Bertz CT molecular complexity index is 565. The van der Waals surface area contributed by atoms with E-state index in [2.05, 4.69) is 4.98 Å². The van der Waals surface area contributed by atoms with Gasteiger partial charge in [0, 0.05) is 22.8 Å². The van der Waals surface area contributed by atoms with E-state index in [0.717, 1.165) is 17.7 Å². The zero-order valence-corrected chi connectivity index (χ0v) is 11.9. The number of hydrogen-bond acceptors (Lipinski definition) is 3. The number of benzene rings is 1. The Morgan fingerprint density at radius 3 is 2.68 bits per heavy atom. The molecule has 0 fully saturated rings. The van der Waals surface area contributed by atoms with Crippen molar-refractivity contribution >= 4 is 23.2 Å². The molecule has 19 heavy (non-hydrogen) atoms. The average molecular weight is 298 g/mol. The number of nitrogens with zero attached hydrogens (tertiary/aromatic N) is 1. The molecule has 0 saturated carbocycles. The van der Waals surface area contributed by atoms with Gasteiger partial charge in [0.25, 0.3) is 0 Å². The summed E-state index contributed by atoms with van der Waals surface area (Å²) >= 11 is 11.9. The average Bonchev–Trinajstić information content (AvgIpc) is 2.42. The van der Waals surface area contributed by atoms with Crippen molar-refractivity contribution in [1.29, 1.82) is 0 Å². The van der Waals surface area contributed by atoms with E-state index in [1.807, 2.05) is 13.0 Å². The van der Waals surface area contributed by atoms with Gasteiger partial charge in [-0.1, -0.05) is 30.1 Å². The number of ether oxygens (including phenoxy) is 1. The second-order valence-corrected chi connectivity index (χ2v) is 4.84. The lowest BCUT2D eigenvalue weighted by atomic mass is 10.2. The summed E-state index contributed by atoms with van der Waals surface area (Å²) in [7, 11) is 0. The first-order valence-electron chi connectivity index (χ1n) is 5.86. The van der Waals surface area contributed by atoms with Gasteiger partial charge in [0.05, 0.1) is 11.6 Å². The predicted octanol–water partition coefficient (Wildman–Crippen LogP) is 4.24. The summed E-state index contributed by atoms with van der Waals surface area (Å²) in [5, 5.41) is 10.2. The molecule has 0 aliphatic carbocycles. The van der Waals surface area contributed by atoms with Crippen LogP contribution >= 0.6 is 23.2 Å². The fourth-order valence-corrected chi connectivity index (χ4v) is 1.93. The molecule has 1 aromatic heterocycles. The van der Waals surface area contributed by atoms with Crippen molar-refractivity contribution in [1.82, 2.24) is 4.98 Å². The summed E-state index contributed by atoms with van der Waals surface area (Å²) in [5.74, 6) is 0.839. The Morgan fingerprint density at radius 2 is 2.00 bits per heavy atom. The Labute approximate surface area is 121 Å². The summed E-state index contributed by atoms with van der Waals surface area (Å²) in [6, 6.07) is 8.49. The minimum atomic E-state index is -0.0604. The van der Waals surface area contributed by atoms with Crippen LogP contribution in [0.5, 0.6) is 11.6 Å².